The molecule has 2 amide bonds. The molecule has 0 saturated heterocycles. The van der Waals surface area contributed by atoms with Crippen molar-refractivity contribution in [2.45, 2.75) is 31.3 Å². The van der Waals surface area contributed by atoms with Crippen LogP contribution in [0.25, 0.3) is 0 Å². The van der Waals surface area contributed by atoms with E-state index in [1.165, 1.54) is 19.2 Å². The van der Waals surface area contributed by atoms with Gasteiger partial charge in [-0.05, 0) is 32.9 Å². The van der Waals surface area contributed by atoms with Crippen LogP contribution in [0.3, 0.4) is 0 Å². The first kappa shape index (κ1) is 18.0. The third kappa shape index (κ3) is 5.72. The van der Waals surface area contributed by atoms with Crippen LogP contribution in [0.5, 0.6) is 0 Å². The van der Waals surface area contributed by atoms with Crippen molar-refractivity contribution < 1.29 is 22.7 Å². The van der Waals surface area contributed by atoms with Gasteiger partial charge in [0.2, 0.25) is 0 Å². The fourth-order valence-electron chi connectivity index (χ4n) is 1.46. The van der Waals surface area contributed by atoms with Crippen LogP contribution < -0.4 is 4.72 Å². The zero-order chi connectivity index (χ0) is 17.0. The monoisotopic (exact) mass is 328 g/mol. The third-order valence-corrected chi connectivity index (χ3v) is 3.78. The average Bonchev–Trinajstić information content (AvgIpc) is 2.36. The molecule has 0 bridgehead atoms. The number of benzene rings is 1. The topological polar surface area (TPSA) is 92.8 Å². The number of hydrogen-bond donors (Lipinski definition) is 1. The van der Waals surface area contributed by atoms with Crippen LogP contribution in [-0.4, -0.2) is 44.5 Å². The molecule has 1 aromatic rings. The largest absolute Gasteiger partial charge is 0.444 e. The van der Waals surface area contributed by atoms with E-state index in [9.17, 15) is 18.0 Å². The molecule has 1 aromatic carbocycles. The van der Waals surface area contributed by atoms with Crippen LogP contribution in [-0.2, 0) is 19.6 Å². The molecule has 8 heteroatoms. The van der Waals surface area contributed by atoms with Gasteiger partial charge in [0.15, 0.2) is 0 Å². The molecule has 1 rings (SSSR count). The highest BCUT2D eigenvalue weighted by molar-refractivity contribution is 7.90. The lowest BCUT2D eigenvalue weighted by molar-refractivity contribution is -0.120. The Morgan fingerprint density at radius 3 is 2.23 bits per heavy atom. The van der Waals surface area contributed by atoms with Crippen LogP contribution in [0.4, 0.5) is 4.79 Å². The summed E-state index contributed by atoms with van der Waals surface area (Å²) in [4.78, 5) is 24.5. The van der Waals surface area contributed by atoms with Gasteiger partial charge in [0.05, 0.1) is 4.90 Å². The van der Waals surface area contributed by atoms with Crippen molar-refractivity contribution in [1.29, 1.82) is 0 Å². The summed E-state index contributed by atoms with van der Waals surface area (Å²) in [6, 6.07) is 7.50. The SMILES string of the molecule is CN(CC(=O)NS(=O)(=O)c1ccccc1)C(=O)OC(C)(C)C. The zero-order valence-corrected chi connectivity index (χ0v) is 13.8. The Hall–Kier alpha value is -2.09. The van der Waals surface area contributed by atoms with E-state index < -0.39 is 34.2 Å². The Morgan fingerprint density at radius 2 is 1.73 bits per heavy atom. The average molecular weight is 328 g/mol. The molecule has 0 heterocycles. The normalized spacial score (nSPS) is 11.6. The van der Waals surface area contributed by atoms with Gasteiger partial charge in [0.25, 0.3) is 15.9 Å². The predicted molar refractivity (Wildman–Crippen MR) is 80.6 cm³/mol. The standard InChI is InChI=1S/C14H20N2O5S/c1-14(2,3)21-13(18)16(4)10-12(17)15-22(19,20)11-8-6-5-7-9-11/h5-9H,10H2,1-4H3,(H,15,17). The fourth-order valence-corrected chi connectivity index (χ4v) is 2.46. The number of nitrogens with zero attached hydrogens (tertiary/aromatic N) is 1. The van der Waals surface area contributed by atoms with E-state index in [-0.39, 0.29) is 4.90 Å². The van der Waals surface area contributed by atoms with E-state index in [2.05, 4.69) is 0 Å². The summed E-state index contributed by atoms with van der Waals surface area (Å²) in [6.45, 7) is 4.65. The summed E-state index contributed by atoms with van der Waals surface area (Å²) in [7, 11) is -2.59. The minimum absolute atomic E-state index is 0.0247. The van der Waals surface area contributed by atoms with E-state index in [4.69, 9.17) is 4.74 Å². The molecule has 0 fully saturated rings. The van der Waals surface area contributed by atoms with Crippen LogP contribution in [0.15, 0.2) is 35.2 Å². The lowest BCUT2D eigenvalue weighted by atomic mass is 10.2. The first-order valence-electron chi connectivity index (χ1n) is 6.56. The Labute approximate surface area is 130 Å². The van der Waals surface area contributed by atoms with Crippen LogP contribution in [0, 0.1) is 0 Å². The van der Waals surface area contributed by atoms with E-state index in [1.807, 2.05) is 4.72 Å². The van der Waals surface area contributed by atoms with Crippen molar-refractivity contribution in [3.63, 3.8) is 0 Å². The molecule has 0 unspecified atom stereocenters. The second-order valence-corrected chi connectivity index (χ2v) is 7.36. The molecular weight excluding hydrogens is 308 g/mol. The van der Waals surface area contributed by atoms with Gasteiger partial charge in [0.1, 0.15) is 12.1 Å². The van der Waals surface area contributed by atoms with Gasteiger partial charge in [-0.15, -0.1) is 0 Å². The number of nitrogens with one attached hydrogen (secondary N) is 1. The van der Waals surface area contributed by atoms with Crippen molar-refractivity contribution in [2.24, 2.45) is 0 Å². The molecule has 0 spiro atoms. The van der Waals surface area contributed by atoms with E-state index in [0.29, 0.717) is 0 Å². The molecule has 0 aliphatic rings. The first-order chi connectivity index (χ1) is 10.0. The highest BCUT2D eigenvalue weighted by Gasteiger charge is 2.23. The quantitative estimate of drug-likeness (QED) is 0.901. The van der Waals surface area contributed by atoms with Crippen LogP contribution >= 0.6 is 0 Å². The summed E-state index contributed by atoms with van der Waals surface area (Å²) in [6.07, 6.45) is -0.709. The molecule has 22 heavy (non-hydrogen) atoms. The number of hydrogen-bond acceptors (Lipinski definition) is 5. The van der Waals surface area contributed by atoms with E-state index in [1.54, 1.807) is 39.0 Å². The van der Waals surface area contributed by atoms with Crippen molar-refractivity contribution in [2.75, 3.05) is 13.6 Å². The predicted octanol–water partition coefficient (Wildman–Crippen LogP) is 1.36. The summed E-state index contributed by atoms with van der Waals surface area (Å²) >= 11 is 0. The maximum absolute atomic E-state index is 12.0. The minimum Gasteiger partial charge on any atom is -0.444 e. The molecule has 0 aromatic heterocycles. The number of carbonyl (C=O) groups excluding carboxylic acids is 2. The lowest BCUT2D eigenvalue weighted by Crippen LogP contribution is -2.42. The van der Waals surface area contributed by atoms with Gasteiger partial charge in [-0.2, -0.15) is 0 Å². The maximum atomic E-state index is 12.0. The molecule has 0 saturated carbocycles. The van der Waals surface area contributed by atoms with Crippen molar-refractivity contribution >= 4 is 22.0 Å². The van der Waals surface area contributed by atoms with Gasteiger partial charge < -0.3 is 9.64 Å². The molecule has 122 valence electrons. The highest BCUT2D eigenvalue weighted by atomic mass is 32.2. The third-order valence-electron chi connectivity index (χ3n) is 2.39. The van der Waals surface area contributed by atoms with Crippen molar-refractivity contribution in [1.82, 2.24) is 9.62 Å². The molecule has 0 radical (unpaired) electrons. The number of rotatable bonds is 4. The number of likely N-dealkylation sites (N-methyl/N-ethyl adjacent to an activating group) is 1. The van der Waals surface area contributed by atoms with Gasteiger partial charge in [-0.25, -0.2) is 17.9 Å². The summed E-state index contributed by atoms with van der Waals surface area (Å²) in [5, 5.41) is 0. The molecule has 7 nitrogen and oxygen atoms in total. The zero-order valence-electron chi connectivity index (χ0n) is 13.0. The second-order valence-electron chi connectivity index (χ2n) is 5.68. The number of amides is 2. The van der Waals surface area contributed by atoms with Gasteiger partial charge in [0, 0.05) is 7.05 Å². The minimum atomic E-state index is -3.94. The van der Waals surface area contributed by atoms with Crippen LogP contribution in [0.2, 0.25) is 0 Å². The van der Waals surface area contributed by atoms with Crippen LogP contribution in [0.1, 0.15) is 20.8 Å². The highest BCUT2D eigenvalue weighted by Crippen LogP contribution is 2.09. The number of sulfonamides is 1. The van der Waals surface area contributed by atoms with E-state index in [0.717, 1.165) is 4.90 Å². The first-order valence-corrected chi connectivity index (χ1v) is 8.04. The second kappa shape index (κ2) is 6.78. The van der Waals surface area contributed by atoms with E-state index >= 15 is 0 Å². The van der Waals surface area contributed by atoms with Gasteiger partial charge in [-0.1, -0.05) is 18.2 Å². The Kier molecular flexibility index (Phi) is 5.54. The van der Waals surface area contributed by atoms with Crippen molar-refractivity contribution in [3.05, 3.63) is 30.3 Å². The van der Waals surface area contributed by atoms with Crippen molar-refractivity contribution in [3.8, 4) is 0 Å². The molecule has 0 atom stereocenters. The smallest absolute Gasteiger partial charge is 0.410 e. The Bertz CT molecular complexity index is 635. The fraction of sp³-hybridized carbons (Fsp3) is 0.429. The molecule has 1 N–H and O–H groups in total. The molecule has 0 aliphatic heterocycles. The summed E-state index contributed by atoms with van der Waals surface area (Å²) < 4.78 is 30.9. The van der Waals surface area contributed by atoms with Gasteiger partial charge in [-0.3, -0.25) is 4.79 Å². The molecule has 0 aliphatic carbocycles. The number of ether oxygens (including phenoxy) is 1. The summed E-state index contributed by atoms with van der Waals surface area (Å²) in [5.74, 6) is -0.822. The Balaban J connectivity index is 2.65. The maximum Gasteiger partial charge on any atom is 0.410 e. The molecular formula is C14H20N2O5S. The number of carbonyl (C=O) groups is 2. The Morgan fingerprint density at radius 1 is 1.18 bits per heavy atom. The van der Waals surface area contributed by atoms with Gasteiger partial charge >= 0.3 is 6.09 Å². The lowest BCUT2D eigenvalue weighted by Gasteiger charge is -2.24. The summed E-state index contributed by atoms with van der Waals surface area (Å²) in [5.41, 5.74) is -0.696.